The maximum atomic E-state index is 13.0. The summed E-state index contributed by atoms with van der Waals surface area (Å²) in [5.74, 6) is -2.71. The van der Waals surface area contributed by atoms with E-state index >= 15 is 0 Å². The molecule has 3 rings (SSSR count). The molecule has 1 saturated heterocycles. The van der Waals surface area contributed by atoms with Crippen LogP contribution in [0.5, 0.6) is 0 Å². The highest BCUT2D eigenvalue weighted by atomic mass is 19.4. The van der Waals surface area contributed by atoms with E-state index in [1.807, 2.05) is 12.1 Å². The molecule has 2 amide bonds. The number of carbonyl (C=O) groups excluding carboxylic acids is 2. The smallest absolute Gasteiger partial charge is 0.475 e. The minimum Gasteiger partial charge on any atom is -0.475 e. The van der Waals surface area contributed by atoms with Crippen LogP contribution in [0.2, 0.25) is 0 Å². The number of aromatic nitrogens is 1. The molecule has 0 spiro atoms. The van der Waals surface area contributed by atoms with E-state index in [0.717, 1.165) is 37.2 Å². The summed E-state index contributed by atoms with van der Waals surface area (Å²) in [5, 5.41) is 10.1. The number of ether oxygens (including phenoxy) is 1. The number of nitrogens with one attached hydrogen (secondary N) is 1. The number of methoxy groups -OCH3 is 1. The van der Waals surface area contributed by atoms with E-state index in [1.54, 1.807) is 25.3 Å². The Morgan fingerprint density at radius 3 is 2.26 bits per heavy atom. The number of carboxylic acids is 1. The van der Waals surface area contributed by atoms with Crippen LogP contribution < -0.4 is 5.32 Å². The number of benzene rings is 1. The van der Waals surface area contributed by atoms with Gasteiger partial charge in [-0.1, -0.05) is 6.07 Å². The van der Waals surface area contributed by atoms with Crippen molar-refractivity contribution in [3.8, 4) is 0 Å². The van der Waals surface area contributed by atoms with Crippen molar-refractivity contribution in [1.82, 2.24) is 20.1 Å². The largest absolute Gasteiger partial charge is 0.490 e. The first-order chi connectivity index (χ1) is 18.4. The number of nitrogens with zero attached hydrogens (tertiary/aromatic N) is 3. The van der Waals surface area contributed by atoms with Gasteiger partial charge in [-0.2, -0.15) is 13.2 Å². The van der Waals surface area contributed by atoms with Gasteiger partial charge in [0, 0.05) is 39.0 Å². The minimum absolute atomic E-state index is 0.00289. The number of Topliss-reactive ketones (excluding diaryl/α,β-unsaturated/α-hetero) is 1. The SMILES string of the molecule is COCc1ccc(CN(C)C(=O)NCC2CCN(CC(=O)c3ccc(F)cc3)CC2)cn1.O=C(O)C(F)(F)F. The lowest BCUT2D eigenvalue weighted by Crippen LogP contribution is -2.43. The second-order valence-electron chi connectivity index (χ2n) is 9.09. The Hall–Kier alpha value is -3.58. The van der Waals surface area contributed by atoms with Gasteiger partial charge in [0.25, 0.3) is 0 Å². The zero-order valence-corrected chi connectivity index (χ0v) is 21.7. The van der Waals surface area contributed by atoms with E-state index in [1.165, 1.54) is 24.3 Å². The molecule has 2 aromatic rings. The summed E-state index contributed by atoms with van der Waals surface area (Å²) in [6.45, 7) is 3.52. The van der Waals surface area contributed by atoms with Gasteiger partial charge >= 0.3 is 18.2 Å². The number of carbonyl (C=O) groups is 3. The van der Waals surface area contributed by atoms with Crippen LogP contribution in [0.4, 0.5) is 22.4 Å². The highest BCUT2D eigenvalue weighted by Crippen LogP contribution is 2.17. The number of aliphatic carboxylic acids is 1. The van der Waals surface area contributed by atoms with Gasteiger partial charge in [-0.05, 0) is 67.7 Å². The Kier molecular flexibility index (Phi) is 12.3. The van der Waals surface area contributed by atoms with Crippen molar-refractivity contribution in [3.63, 3.8) is 0 Å². The van der Waals surface area contributed by atoms with Gasteiger partial charge in [-0.25, -0.2) is 14.0 Å². The van der Waals surface area contributed by atoms with Gasteiger partial charge in [0.2, 0.25) is 0 Å². The van der Waals surface area contributed by atoms with Crippen molar-refractivity contribution < 1.29 is 41.8 Å². The maximum absolute atomic E-state index is 13.0. The van der Waals surface area contributed by atoms with Gasteiger partial charge in [0.1, 0.15) is 5.82 Å². The molecule has 1 aromatic heterocycles. The third-order valence-electron chi connectivity index (χ3n) is 5.97. The lowest BCUT2D eigenvalue weighted by molar-refractivity contribution is -0.192. The molecule has 214 valence electrons. The molecule has 9 nitrogen and oxygen atoms in total. The second kappa shape index (κ2) is 15.1. The van der Waals surface area contributed by atoms with Gasteiger partial charge in [0.15, 0.2) is 5.78 Å². The molecular formula is C26H32F4N4O5. The molecule has 0 aliphatic carbocycles. The van der Waals surface area contributed by atoms with E-state index in [9.17, 15) is 27.2 Å². The Balaban J connectivity index is 0.000000673. The predicted molar refractivity (Wildman–Crippen MR) is 133 cm³/mol. The Morgan fingerprint density at radius 2 is 1.74 bits per heavy atom. The standard InChI is InChI=1S/C24H31FN4O3.C2HF3O2/c1-28(15-19-3-8-22(17-32-2)26-14-19)24(31)27-13-18-9-11-29(12-10-18)16-23(30)20-4-6-21(25)7-5-20;3-2(4,5)1(6)7/h3-8,14,18H,9-13,15-17H2,1-2H3,(H,27,31);(H,6,7). The van der Waals surface area contributed by atoms with Crippen molar-refractivity contribution >= 4 is 17.8 Å². The molecule has 0 radical (unpaired) electrons. The number of hydrogen-bond donors (Lipinski definition) is 2. The van der Waals surface area contributed by atoms with Crippen LogP contribution in [0.25, 0.3) is 0 Å². The molecule has 39 heavy (non-hydrogen) atoms. The number of amides is 2. The fraction of sp³-hybridized carbons (Fsp3) is 0.462. The Labute approximate surface area is 223 Å². The van der Waals surface area contributed by atoms with Gasteiger partial charge in [0.05, 0.1) is 18.8 Å². The van der Waals surface area contributed by atoms with Crippen LogP contribution in [0.15, 0.2) is 42.6 Å². The van der Waals surface area contributed by atoms with Gasteiger partial charge in [-0.15, -0.1) is 0 Å². The summed E-state index contributed by atoms with van der Waals surface area (Å²) in [7, 11) is 3.40. The molecule has 0 atom stereocenters. The Bertz CT molecular complexity index is 1070. The summed E-state index contributed by atoms with van der Waals surface area (Å²) in [6.07, 6.45) is -1.47. The lowest BCUT2D eigenvalue weighted by atomic mass is 9.96. The highest BCUT2D eigenvalue weighted by molar-refractivity contribution is 5.97. The van der Waals surface area contributed by atoms with E-state index < -0.39 is 12.1 Å². The molecule has 1 fully saturated rings. The lowest BCUT2D eigenvalue weighted by Gasteiger charge is -2.31. The number of hydrogen-bond acceptors (Lipinski definition) is 6. The van der Waals surface area contributed by atoms with Gasteiger partial charge < -0.3 is 20.1 Å². The zero-order chi connectivity index (χ0) is 29.0. The van der Waals surface area contributed by atoms with Crippen molar-refractivity contribution in [2.75, 3.05) is 40.3 Å². The molecule has 2 heterocycles. The van der Waals surface area contributed by atoms with Crippen molar-refractivity contribution in [2.45, 2.75) is 32.2 Å². The molecule has 0 unspecified atom stereocenters. The summed E-state index contributed by atoms with van der Waals surface area (Å²) in [4.78, 5) is 41.8. The van der Waals surface area contributed by atoms with E-state index in [4.69, 9.17) is 14.6 Å². The number of urea groups is 1. The molecule has 1 aromatic carbocycles. The van der Waals surface area contributed by atoms with Crippen LogP contribution in [0, 0.1) is 11.7 Å². The number of likely N-dealkylation sites (tertiary alicyclic amines) is 1. The van der Waals surface area contributed by atoms with E-state index in [-0.39, 0.29) is 17.6 Å². The molecule has 0 bridgehead atoms. The number of ketones is 1. The average Bonchev–Trinajstić information content (AvgIpc) is 2.89. The van der Waals surface area contributed by atoms with Crippen LogP contribution in [0.1, 0.15) is 34.5 Å². The topological polar surface area (TPSA) is 112 Å². The molecule has 1 aliphatic heterocycles. The third kappa shape index (κ3) is 11.4. The zero-order valence-electron chi connectivity index (χ0n) is 21.7. The number of alkyl halides is 3. The summed E-state index contributed by atoms with van der Waals surface area (Å²) < 4.78 is 49.8. The summed E-state index contributed by atoms with van der Waals surface area (Å²) in [5.41, 5.74) is 2.35. The first kappa shape index (κ1) is 31.6. The number of piperidine rings is 1. The fourth-order valence-electron chi connectivity index (χ4n) is 3.77. The van der Waals surface area contributed by atoms with Gasteiger partial charge in [-0.3, -0.25) is 14.7 Å². The molecule has 1 aliphatic rings. The first-order valence-corrected chi connectivity index (χ1v) is 12.1. The van der Waals surface area contributed by atoms with E-state index in [0.29, 0.717) is 37.7 Å². The maximum Gasteiger partial charge on any atom is 0.490 e. The molecule has 2 N–H and O–H groups in total. The fourth-order valence-corrected chi connectivity index (χ4v) is 3.77. The average molecular weight is 557 g/mol. The minimum atomic E-state index is -5.08. The molecule has 0 saturated carbocycles. The number of rotatable bonds is 9. The predicted octanol–water partition coefficient (Wildman–Crippen LogP) is 3.74. The van der Waals surface area contributed by atoms with Crippen LogP contribution in [-0.4, -0.2) is 84.2 Å². The third-order valence-corrected chi connectivity index (χ3v) is 5.97. The van der Waals surface area contributed by atoms with Crippen LogP contribution in [0.3, 0.4) is 0 Å². The van der Waals surface area contributed by atoms with Crippen molar-refractivity contribution in [1.29, 1.82) is 0 Å². The summed E-state index contributed by atoms with van der Waals surface area (Å²) in [6, 6.07) is 9.42. The second-order valence-corrected chi connectivity index (χ2v) is 9.09. The molecular weight excluding hydrogens is 524 g/mol. The van der Waals surface area contributed by atoms with Crippen LogP contribution >= 0.6 is 0 Å². The monoisotopic (exact) mass is 556 g/mol. The Morgan fingerprint density at radius 1 is 1.13 bits per heavy atom. The first-order valence-electron chi connectivity index (χ1n) is 12.1. The van der Waals surface area contributed by atoms with E-state index in [2.05, 4.69) is 15.2 Å². The molecule has 13 heteroatoms. The van der Waals surface area contributed by atoms with Crippen molar-refractivity contribution in [3.05, 3.63) is 65.2 Å². The normalized spacial score (nSPS) is 14.2. The van der Waals surface area contributed by atoms with Crippen molar-refractivity contribution in [2.24, 2.45) is 5.92 Å². The quantitative estimate of drug-likeness (QED) is 0.358. The number of pyridine rings is 1. The number of halogens is 4. The number of carboxylic acid groups (broad SMARTS) is 1. The summed E-state index contributed by atoms with van der Waals surface area (Å²) >= 11 is 0. The highest BCUT2D eigenvalue weighted by Gasteiger charge is 2.38. The van der Waals surface area contributed by atoms with Crippen LogP contribution in [-0.2, 0) is 22.7 Å².